The van der Waals surface area contributed by atoms with Gasteiger partial charge in [0.15, 0.2) is 0 Å². The van der Waals surface area contributed by atoms with Crippen LogP contribution in [-0.2, 0) is 6.54 Å². The van der Waals surface area contributed by atoms with Gasteiger partial charge in [0.2, 0.25) is 0 Å². The van der Waals surface area contributed by atoms with Gasteiger partial charge in [0.05, 0.1) is 0 Å². The van der Waals surface area contributed by atoms with Gasteiger partial charge in [0.25, 0.3) is 0 Å². The summed E-state index contributed by atoms with van der Waals surface area (Å²) < 4.78 is 0. The van der Waals surface area contributed by atoms with Crippen molar-refractivity contribution in [2.75, 3.05) is 6.54 Å². The monoisotopic (exact) mass is 240 g/mol. The summed E-state index contributed by atoms with van der Waals surface area (Å²) in [6.45, 7) is 2.09. The molecule has 0 saturated heterocycles. The molecule has 1 aromatic carbocycles. The van der Waals surface area contributed by atoms with Crippen LogP contribution >= 0.6 is 0 Å². The molecule has 1 heterocycles. The zero-order valence-electron chi connectivity index (χ0n) is 10.7. The van der Waals surface area contributed by atoms with E-state index in [-0.39, 0.29) is 0 Å². The lowest BCUT2D eigenvalue weighted by Gasteiger charge is -2.17. The van der Waals surface area contributed by atoms with Gasteiger partial charge in [-0.05, 0) is 43.4 Å². The van der Waals surface area contributed by atoms with Crippen LogP contribution in [0.2, 0.25) is 0 Å². The first-order valence-electron chi connectivity index (χ1n) is 6.84. The highest BCUT2D eigenvalue weighted by Gasteiger charge is 2.09. The molecule has 1 unspecified atom stereocenters. The second kappa shape index (κ2) is 5.40. The first kappa shape index (κ1) is 11.5. The summed E-state index contributed by atoms with van der Waals surface area (Å²) >= 11 is 0. The van der Waals surface area contributed by atoms with E-state index in [1.807, 2.05) is 0 Å². The van der Waals surface area contributed by atoms with E-state index in [0.29, 0.717) is 0 Å². The highest BCUT2D eigenvalue weighted by atomic mass is 14.9. The number of fused-ring (bicyclic) bond motifs is 1. The lowest BCUT2D eigenvalue weighted by molar-refractivity contribution is 0.441. The van der Waals surface area contributed by atoms with Gasteiger partial charge in [-0.25, -0.2) is 0 Å². The van der Waals surface area contributed by atoms with Crippen LogP contribution < -0.4 is 5.32 Å². The number of H-pyrrole nitrogens is 1. The van der Waals surface area contributed by atoms with E-state index in [0.717, 1.165) is 19.0 Å². The third kappa shape index (κ3) is 2.49. The molecule has 2 N–H and O–H groups in total. The van der Waals surface area contributed by atoms with Crippen LogP contribution in [0.3, 0.4) is 0 Å². The number of benzene rings is 1. The third-order valence-electron chi connectivity index (χ3n) is 3.80. The summed E-state index contributed by atoms with van der Waals surface area (Å²) in [5, 5.41) is 4.94. The van der Waals surface area contributed by atoms with Crippen molar-refractivity contribution in [3.05, 3.63) is 48.2 Å². The molecule has 2 nitrogen and oxygen atoms in total. The second-order valence-electron chi connectivity index (χ2n) is 5.14. The van der Waals surface area contributed by atoms with Gasteiger partial charge in [0, 0.05) is 23.6 Å². The molecule has 0 saturated carbocycles. The first-order valence-corrected chi connectivity index (χ1v) is 6.84. The standard InChI is InChI=1S/C16H20N2/c1-2-6-13(7-3-1)10-17-11-14-12-18-16-9-5-4-8-15(14)16/h1-2,4-5,8-9,12-13,17-18H,3,6-7,10-11H2. The predicted octanol–water partition coefficient (Wildman–Crippen LogP) is 3.61. The van der Waals surface area contributed by atoms with E-state index >= 15 is 0 Å². The zero-order valence-corrected chi connectivity index (χ0v) is 10.7. The second-order valence-corrected chi connectivity index (χ2v) is 5.14. The van der Waals surface area contributed by atoms with E-state index < -0.39 is 0 Å². The summed E-state index contributed by atoms with van der Waals surface area (Å²) in [6.07, 6.45) is 10.6. The molecule has 18 heavy (non-hydrogen) atoms. The molecule has 0 radical (unpaired) electrons. The van der Waals surface area contributed by atoms with Crippen molar-refractivity contribution in [2.45, 2.75) is 25.8 Å². The fourth-order valence-electron chi connectivity index (χ4n) is 2.73. The van der Waals surface area contributed by atoms with Crippen molar-refractivity contribution in [1.29, 1.82) is 0 Å². The van der Waals surface area contributed by atoms with Crippen molar-refractivity contribution in [3.63, 3.8) is 0 Å². The number of allylic oxidation sites excluding steroid dienone is 2. The number of rotatable bonds is 4. The lowest BCUT2D eigenvalue weighted by Crippen LogP contribution is -2.23. The fourth-order valence-corrected chi connectivity index (χ4v) is 2.73. The molecule has 2 aromatic rings. The van der Waals surface area contributed by atoms with Crippen LogP contribution in [0.15, 0.2) is 42.6 Å². The van der Waals surface area contributed by atoms with Crippen molar-refractivity contribution < 1.29 is 0 Å². The minimum absolute atomic E-state index is 0.820. The predicted molar refractivity (Wildman–Crippen MR) is 76.5 cm³/mol. The molecule has 1 aliphatic carbocycles. The van der Waals surface area contributed by atoms with Crippen LogP contribution in [0, 0.1) is 5.92 Å². The van der Waals surface area contributed by atoms with Gasteiger partial charge in [-0.3, -0.25) is 0 Å². The van der Waals surface area contributed by atoms with Gasteiger partial charge in [0.1, 0.15) is 0 Å². The van der Waals surface area contributed by atoms with Crippen molar-refractivity contribution in [3.8, 4) is 0 Å². The summed E-state index contributed by atoms with van der Waals surface area (Å²) in [5.74, 6) is 0.820. The summed E-state index contributed by atoms with van der Waals surface area (Å²) in [4.78, 5) is 3.33. The number of nitrogens with one attached hydrogen (secondary N) is 2. The van der Waals surface area contributed by atoms with E-state index in [1.54, 1.807) is 0 Å². The molecular weight excluding hydrogens is 220 g/mol. The molecule has 1 aromatic heterocycles. The number of hydrogen-bond acceptors (Lipinski definition) is 1. The maximum absolute atomic E-state index is 3.60. The van der Waals surface area contributed by atoms with Gasteiger partial charge in [-0.2, -0.15) is 0 Å². The average Bonchev–Trinajstić information content (AvgIpc) is 2.84. The maximum Gasteiger partial charge on any atom is 0.0457 e. The Hall–Kier alpha value is -1.54. The number of aromatic nitrogens is 1. The largest absolute Gasteiger partial charge is 0.361 e. The molecule has 0 aliphatic heterocycles. The highest BCUT2D eigenvalue weighted by Crippen LogP contribution is 2.19. The number of aromatic amines is 1. The highest BCUT2D eigenvalue weighted by molar-refractivity contribution is 5.82. The van der Waals surface area contributed by atoms with Crippen LogP contribution in [0.25, 0.3) is 10.9 Å². The zero-order chi connectivity index (χ0) is 12.2. The molecule has 94 valence electrons. The van der Waals surface area contributed by atoms with Crippen LogP contribution in [-0.4, -0.2) is 11.5 Å². The summed E-state index contributed by atoms with van der Waals surface area (Å²) in [7, 11) is 0. The molecule has 2 heteroatoms. The average molecular weight is 240 g/mol. The number of para-hydroxylation sites is 1. The van der Waals surface area contributed by atoms with E-state index in [4.69, 9.17) is 0 Å². The van der Waals surface area contributed by atoms with Crippen molar-refractivity contribution >= 4 is 10.9 Å². The van der Waals surface area contributed by atoms with E-state index in [2.05, 4.69) is 52.9 Å². The molecular formula is C16H20N2. The van der Waals surface area contributed by atoms with Crippen molar-refractivity contribution in [2.24, 2.45) is 5.92 Å². The lowest BCUT2D eigenvalue weighted by atomic mass is 9.94. The topological polar surface area (TPSA) is 27.8 Å². The first-order chi connectivity index (χ1) is 8.93. The minimum atomic E-state index is 0.820. The van der Waals surface area contributed by atoms with Crippen molar-refractivity contribution in [1.82, 2.24) is 10.3 Å². The molecule has 3 rings (SSSR count). The van der Waals surface area contributed by atoms with Gasteiger partial charge < -0.3 is 10.3 Å². The Bertz CT molecular complexity index is 539. The maximum atomic E-state index is 3.60. The smallest absolute Gasteiger partial charge is 0.0457 e. The van der Waals surface area contributed by atoms with E-state index in [9.17, 15) is 0 Å². The Kier molecular flexibility index (Phi) is 3.47. The Morgan fingerprint density at radius 3 is 3.06 bits per heavy atom. The van der Waals surface area contributed by atoms with Gasteiger partial charge in [-0.1, -0.05) is 30.4 Å². The Morgan fingerprint density at radius 1 is 1.22 bits per heavy atom. The molecule has 1 atom stereocenters. The van der Waals surface area contributed by atoms with Gasteiger partial charge >= 0.3 is 0 Å². The Balaban J connectivity index is 1.58. The SMILES string of the molecule is C1=CCC(CNCc2c[nH]c3ccccc23)CC1. The Morgan fingerprint density at radius 2 is 2.17 bits per heavy atom. The van der Waals surface area contributed by atoms with E-state index in [1.165, 1.54) is 35.7 Å². The summed E-state index contributed by atoms with van der Waals surface area (Å²) in [6, 6.07) is 8.49. The molecule has 1 aliphatic rings. The molecule has 0 fully saturated rings. The van der Waals surface area contributed by atoms with Crippen LogP contribution in [0.1, 0.15) is 24.8 Å². The minimum Gasteiger partial charge on any atom is -0.361 e. The Labute approximate surface area is 108 Å². The molecule has 0 bridgehead atoms. The molecule has 0 amide bonds. The van der Waals surface area contributed by atoms with Crippen LogP contribution in [0.4, 0.5) is 0 Å². The fraction of sp³-hybridized carbons (Fsp3) is 0.375. The number of hydrogen-bond donors (Lipinski definition) is 2. The van der Waals surface area contributed by atoms with Gasteiger partial charge in [-0.15, -0.1) is 0 Å². The molecule has 0 spiro atoms. The third-order valence-corrected chi connectivity index (χ3v) is 3.80. The normalized spacial score (nSPS) is 19.4. The summed E-state index contributed by atoms with van der Waals surface area (Å²) in [5.41, 5.74) is 2.60. The van der Waals surface area contributed by atoms with Crippen LogP contribution in [0.5, 0.6) is 0 Å². The quantitative estimate of drug-likeness (QED) is 0.785.